The minimum Gasteiger partial charge on any atom is -0.438 e. The van der Waals surface area contributed by atoms with Gasteiger partial charge in [-0.25, -0.2) is 4.98 Å². The molecule has 2 rings (SSSR count). The molecule has 6 heteroatoms. The molecule has 94 valence electrons. The quantitative estimate of drug-likeness (QED) is 0.799. The van der Waals surface area contributed by atoms with Crippen LogP contribution in [-0.4, -0.2) is 52.8 Å². The molecule has 1 amide bonds. The van der Waals surface area contributed by atoms with E-state index in [1.807, 2.05) is 6.92 Å². The zero-order valence-electron chi connectivity index (χ0n) is 9.92. The van der Waals surface area contributed by atoms with Crippen molar-refractivity contribution in [2.24, 2.45) is 0 Å². The summed E-state index contributed by atoms with van der Waals surface area (Å²) in [5.41, 5.74) is 0.578. The molecule has 1 fully saturated rings. The average Bonchev–Trinajstić information content (AvgIpc) is 2.75. The first-order chi connectivity index (χ1) is 8.13. The molecule has 2 heterocycles. The summed E-state index contributed by atoms with van der Waals surface area (Å²) in [7, 11) is 0. The van der Waals surface area contributed by atoms with E-state index in [4.69, 9.17) is 14.3 Å². The van der Waals surface area contributed by atoms with Gasteiger partial charge in [-0.3, -0.25) is 4.79 Å². The second-order valence-corrected chi connectivity index (χ2v) is 4.21. The Balaban J connectivity index is 2.15. The number of hydrogen-bond acceptors (Lipinski definition) is 5. The third-order valence-electron chi connectivity index (χ3n) is 2.91. The van der Waals surface area contributed by atoms with E-state index >= 15 is 0 Å². The van der Waals surface area contributed by atoms with Crippen molar-refractivity contribution >= 4 is 5.91 Å². The van der Waals surface area contributed by atoms with Gasteiger partial charge in [0.1, 0.15) is 0 Å². The summed E-state index contributed by atoms with van der Waals surface area (Å²) >= 11 is 0. The van der Waals surface area contributed by atoms with Crippen LogP contribution in [0, 0.1) is 6.92 Å². The second-order valence-electron chi connectivity index (χ2n) is 4.21. The smallest absolute Gasteiger partial charge is 0.291 e. The summed E-state index contributed by atoms with van der Waals surface area (Å²) < 4.78 is 10.5. The molecule has 1 aromatic rings. The van der Waals surface area contributed by atoms with Gasteiger partial charge in [0.25, 0.3) is 5.91 Å². The Kier molecular flexibility index (Phi) is 3.44. The average molecular weight is 240 g/mol. The standard InChI is InChI=1S/C11H16N2O4/c1-7-5-16-9(4-14)3-13(7)11(15)10-8(2)12-6-17-10/h6-7,9,14H,3-5H2,1-2H3. The molecule has 1 N–H and O–H groups in total. The van der Waals surface area contributed by atoms with Gasteiger partial charge < -0.3 is 19.2 Å². The van der Waals surface area contributed by atoms with Crippen LogP contribution in [0.4, 0.5) is 0 Å². The molecule has 6 nitrogen and oxygen atoms in total. The fourth-order valence-corrected chi connectivity index (χ4v) is 1.85. The van der Waals surface area contributed by atoms with Gasteiger partial charge in [-0.1, -0.05) is 0 Å². The molecular weight excluding hydrogens is 224 g/mol. The fourth-order valence-electron chi connectivity index (χ4n) is 1.85. The molecular formula is C11H16N2O4. The van der Waals surface area contributed by atoms with Crippen LogP contribution in [0.3, 0.4) is 0 Å². The molecule has 1 aliphatic heterocycles. The molecule has 2 unspecified atom stereocenters. The summed E-state index contributed by atoms with van der Waals surface area (Å²) in [6, 6.07) is -0.0326. The maximum absolute atomic E-state index is 12.2. The fraction of sp³-hybridized carbons (Fsp3) is 0.636. The largest absolute Gasteiger partial charge is 0.438 e. The van der Waals surface area contributed by atoms with Gasteiger partial charge in [0.15, 0.2) is 6.39 Å². The molecule has 0 saturated carbocycles. The van der Waals surface area contributed by atoms with Crippen molar-refractivity contribution in [2.75, 3.05) is 19.8 Å². The minimum atomic E-state index is -0.321. The Labute approximate surface area is 99.2 Å². The van der Waals surface area contributed by atoms with E-state index in [0.29, 0.717) is 18.8 Å². The number of rotatable bonds is 2. The Hall–Kier alpha value is -1.40. The Morgan fingerprint density at radius 1 is 1.71 bits per heavy atom. The lowest BCUT2D eigenvalue weighted by Gasteiger charge is -2.36. The van der Waals surface area contributed by atoms with Crippen molar-refractivity contribution in [1.82, 2.24) is 9.88 Å². The maximum Gasteiger partial charge on any atom is 0.291 e. The van der Waals surface area contributed by atoms with E-state index < -0.39 is 0 Å². The van der Waals surface area contributed by atoms with Gasteiger partial charge in [0.2, 0.25) is 5.76 Å². The topological polar surface area (TPSA) is 75.8 Å². The van der Waals surface area contributed by atoms with Gasteiger partial charge >= 0.3 is 0 Å². The number of oxazole rings is 1. The molecule has 1 saturated heterocycles. The van der Waals surface area contributed by atoms with Crippen LogP contribution < -0.4 is 0 Å². The van der Waals surface area contributed by atoms with Crippen LogP contribution in [0.15, 0.2) is 10.8 Å². The lowest BCUT2D eigenvalue weighted by Crippen LogP contribution is -2.52. The first-order valence-electron chi connectivity index (χ1n) is 5.57. The van der Waals surface area contributed by atoms with Crippen LogP contribution in [0.1, 0.15) is 23.2 Å². The van der Waals surface area contributed by atoms with Crippen molar-refractivity contribution in [3.8, 4) is 0 Å². The molecule has 17 heavy (non-hydrogen) atoms. The summed E-state index contributed by atoms with van der Waals surface area (Å²) in [6.07, 6.45) is 0.940. The molecule has 0 aliphatic carbocycles. The Morgan fingerprint density at radius 3 is 3.06 bits per heavy atom. The third-order valence-corrected chi connectivity index (χ3v) is 2.91. The van der Waals surface area contributed by atoms with Gasteiger partial charge in [-0.2, -0.15) is 0 Å². The van der Waals surface area contributed by atoms with Gasteiger partial charge in [0, 0.05) is 6.54 Å². The van der Waals surface area contributed by atoms with E-state index in [1.54, 1.807) is 11.8 Å². The number of carbonyl (C=O) groups is 1. The first-order valence-corrected chi connectivity index (χ1v) is 5.57. The number of aryl methyl sites for hydroxylation is 1. The lowest BCUT2D eigenvalue weighted by molar-refractivity contribution is -0.0674. The number of aromatic nitrogens is 1. The van der Waals surface area contributed by atoms with E-state index in [1.165, 1.54) is 6.39 Å². The summed E-state index contributed by atoms with van der Waals surface area (Å²) in [6.45, 7) is 4.33. The summed E-state index contributed by atoms with van der Waals surface area (Å²) in [5.74, 6) is 0.0599. The van der Waals surface area contributed by atoms with Crippen LogP contribution in [0.25, 0.3) is 0 Å². The molecule has 0 radical (unpaired) electrons. The summed E-state index contributed by atoms with van der Waals surface area (Å²) in [4.78, 5) is 17.8. The first kappa shape index (κ1) is 12.1. The minimum absolute atomic E-state index is 0.0326. The highest BCUT2D eigenvalue weighted by molar-refractivity contribution is 5.92. The van der Waals surface area contributed by atoms with Crippen molar-refractivity contribution in [2.45, 2.75) is 26.0 Å². The molecule has 0 bridgehead atoms. The number of aliphatic hydroxyl groups excluding tert-OH is 1. The highest BCUT2D eigenvalue weighted by Gasteiger charge is 2.32. The van der Waals surface area contributed by atoms with E-state index in [9.17, 15) is 4.79 Å². The van der Waals surface area contributed by atoms with E-state index in [0.717, 1.165) is 0 Å². The third kappa shape index (κ3) is 2.32. The highest BCUT2D eigenvalue weighted by Crippen LogP contribution is 2.17. The van der Waals surface area contributed by atoms with Gasteiger partial charge in [-0.05, 0) is 13.8 Å². The zero-order valence-corrected chi connectivity index (χ0v) is 9.92. The highest BCUT2D eigenvalue weighted by atomic mass is 16.5. The van der Waals surface area contributed by atoms with E-state index in [-0.39, 0.29) is 30.4 Å². The SMILES string of the molecule is Cc1ncoc1C(=O)N1CC(CO)OCC1C. The lowest BCUT2D eigenvalue weighted by atomic mass is 10.2. The van der Waals surface area contributed by atoms with Crippen molar-refractivity contribution in [3.63, 3.8) is 0 Å². The van der Waals surface area contributed by atoms with Crippen LogP contribution >= 0.6 is 0 Å². The van der Waals surface area contributed by atoms with E-state index in [2.05, 4.69) is 4.98 Å². The number of aliphatic hydroxyl groups is 1. The molecule has 1 aliphatic rings. The van der Waals surface area contributed by atoms with Crippen molar-refractivity contribution < 1.29 is 19.1 Å². The van der Waals surface area contributed by atoms with Gasteiger partial charge in [0.05, 0.1) is 31.1 Å². The molecule has 1 aromatic heterocycles. The predicted molar refractivity (Wildman–Crippen MR) is 58.6 cm³/mol. The number of morpholine rings is 1. The predicted octanol–water partition coefficient (Wildman–Crippen LogP) is 0.205. The Morgan fingerprint density at radius 2 is 2.47 bits per heavy atom. The maximum atomic E-state index is 12.2. The molecule has 2 atom stereocenters. The molecule has 0 spiro atoms. The van der Waals surface area contributed by atoms with Crippen LogP contribution in [0.2, 0.25) is 0 Å². The van der Waals surface area contributed by atoms with Crippen LogP contribution in [-0.2, 0) is 4.74 Å². The number of amides is 1. The number of carbonyl (C=O) groups excluding carboxylic acids is 1. The number of ether oxygens (including phenoxy) is 1. The number of nitrogens with zero attached hydrogens (tertiary/aromatic N) is 2. The zero-order chi connectivity index (χ0) is 12.4. The monoisotopic (exact) mass is 240 g/mol. The van der Waals surface area contributed by atoms with Crippen LogP contribution in [0.5, 0.6) is 0 Å². The van der Waals surface area contributed by atoms with Crippen molar-refractivity contribution in [3.05, 3.63) is 17.8 Å². The summed E-state index contributed by atoms with van der Waals surface area (Å²) in [5, 5.41) is 9.06. The normalized spacial score (nSPS) is 25.0. The Bertz CT molecular complexity index is 404. The molecule has 0 aromatic carbocycles. The van der Waals surface area contributed by atoms with Gasteiger partial charge in [-0.15, -0.1) is 0 Å². The van der Waals surface area contributed by atoms with Crippen molar-refractivity contribution in [1.29, 1.82) is 0 Å². The number of hydrogen-bond donors (Lipinski definition) is 1. The second kappa shape index (κ2) is 4.85.